The highest BCUT2D eigenvalue weighted by Gasteiger charge is 2.55. The fourth-order valence-corrected chi connectivity index (χ4v) is 4.33. The Morgan fingerprint density at radius 3 is 2.15 bits per heavy atom. The Morgan fingerprint density at radius 1 is 1.23 bits per heavy atom. The summed E-state index contributed by atoms with van der Waals surface area (Å²) >= 11 is 0. The van der Waals surface area contributed by atoms with E-state index in [1.165, 1.54) is 25.7 Å². The maximum absolute atomic E-state index is 2.46. The summed E-state index contributed by atoms with van der Waals surface area (Å²) in [4.78, 5) is 0. The lowest BCUT2D eigenvalue weighted by molar-refractivity contribution is 0.0156. The minimum absolute atomic E-state index is 0.529. The van der Waals surface area contributed by atoms with Crippen LogP contribution in [-0.2, 0) is 0 Å². The topological polar surface area (TPSA) is 0 Å². The first kappa shape index (κ1) is 9.55. The summed E-state index contributed by atoms with van der Waals surface area (Å²) in [6.07, 6.45) is 7.53. The summed E-state index contributed by atoms with van der Waals surface area (Å²) in [5.74, 6) is 2.15. The minimum atomic E-state index is 0.529. The standard InChI is InChI=1S/C13H24/c1-5-13(12(2,3)4)9-10-6-7-11(13)8-10/h10-11H,5-9H2,1-4H3. The second-order valence-electron chi connectivity index (χ2n) is 6.34. The van der Waals surface area contributed by atoms with E-state index in [-0.39, 0.29) is 0 Å². The van der Waals surface area contributed by atoms with Gasteiger partial charge in [0, 0.05) is 0 Å². The summed E-state index contributed by atoms with van der Waals surface area (Å²) in [6, 6.07) is 0. The van der Waals surface area contributed by atoms with Crippen molar-refractivity contribution in [3.8, 4) is 0 Å². The largest absolute Gasteiger partial charge is 0.0648 e. The van der Waals surface area contributed by atoms with Crippen LogP contribution in [0.3, 0.4) is 0 Å². The van der Waals surface area contributed by atoms with Crippen molar-refractivity contribution in [2.24, 2.45) is 22.7 Å². The van der Waals surface area contributed by atoms with Gasteiger partial charge in [-0.05, 0) is 48.3 Å². The molecule has 3 unspecified atom stereocenters. The molecule has 0 nitrogen and oxygen atoms in total. The molecule has 2 saturated carbocycles. The van der Waals surface area contributed by atoms with Gasteiger partial charge < -0.3 is 0 Å². The maximum atomic E-state index is 2.46. The molecule has 2 bridgehead atoms. The van der Waals surface area contributed by atoms with Gasteiger partial charge in [0.1, 0.15) is 0 Å². The summed E-state index contributed by atoms with van der Waals surface area (Å²) in [5.41, 5.74) is 1.22. The fraction of sp³-hybridized carbons (Fsp3) is 1.00. The second kappa shape index (κ2) is 2.74. The third-order valence-electron chi connectivity index (χ3n) is 5.10. The molecule has 0 aromatic rings. The molecule has 0 amide bonds. The maximum Gasteiger partial charge on any atom is -0.0220 e. The molecule has 2 rings (SSSR count). The second-order valence-corrected chi connectivity index (χ2v) is 6.34. The molecule has 0 radical (unpaired) electrons. The van der Waals surface area contributed by atoms with E-state index in [0.29, 0.717) is 10.8 Å². The Hall–Kier alpha value is 0. The zero-order valence-corrected chi connectivity index (χ0v) is 9.69. The van der Waals surface area contributed by atoms with Crippen LogP contribution in [-0.4, -0.2) is 0 Å². The van der Waals surface area contributed by atoms with E-state index in [0.717, 1.165) is 11.8 Å². The molecule has 0 N–H and O–H groups in total. The van der Waals surface area contributed by atoms with E-state index >= 15 is 0 Å². The van der Waals surface area contributed by atoms with Gasteiger partial charge in [-0.1, -0.05) is 34.1 Å². The lowest BCUT2D eigenvalue weighted by Crippen LogP contribution is -2.39. The van der Waals surface area contributed by atoms with Crippen LogP contribution in [0.4, 0.5) is 0 Å². The van der Waals surface area contributed by atoms with Crippen molar-refractivity contribution in [1.29, 1.82) is 0 Å². The molecule has 3 atom stereocenters. The molecule has 0 aliphatic heterocycles. The molecule has 2 aliphatic rings. The number of hydrogen-bond donors (Lipinski definition) is 0. The SMILES string of the molecule is CCC1(C(C)(C)C)CC2CCC1C2. The predicted molar refractivity (Wildman–Crippen MR) is 57.6 cm³/mol. The third-order valence-corrected chi connectivity index (χ3v) is 5.10. The summed E-state index contributed by atoms with van der Waals surface area (Å²) in [6.45, 7) is 9.78. The molecule has 2 fully saturated rings. The Bertz CT molecular complexity index is 199. The van der Waals surface area contributed by atoms with Gasteiger partial charge in [0.25, 0.3) is 0 Å². The zero-order chi connectivity index (χ0) is 9.69. The van der Waals surface area contributed by atoms with Crippen molar-refractivity contribution in [3.05, 3.63) is 0 Å². The highest BCUT2D eigenvalue weighted by Crippen LogP contribution is 2.64. The van der Waals surface area contributed by atoms with Gasteiger partial charge in [-0.2, -0.15) is 0 Å². The van der Waals surface area contributed by atoms with Crippen LogP contribution < -0.4 is 0 Å². The number of hydrogen-bond acceptors (Lipinski definition) is 0. The Morgan fingerprint density at radius 2 is 1.92 bits per heavy atom. The van der Waals surface area contributed by atoms with Crippen molar-refractivity contribution in [2.45, 2.75) is 59.8 Å². The minimum Gasteiger partial charge on any atom is -0.0648 e. The first-order valence-corrected chi connectivity index (χ1v) is 5.99. The van der Waals surface area contributed by atoms with Crippen molar-refractivity contribution in [1.82, 2.24) is 0 Å². The Balaban J connectivity index is 2.27. The van der Waals surface area contributed by atoms with Gasteiger partial charge in [0.05, 0.1) is 0 Å². The molecule has 0 aromatic carbocycles. The molecule has 0 heteroatoms. The van der Waals surface area contributed by atoms with E-state index in [2.05, 4.69) is 27.7 Å². The van der Waals surface area contributed by atoms with Crippen LogP contribution >= 0.6 is 0 Å². The molecule has 0 aromatic heterocycles. The van der Waals surface area contributed by atoms with Crippen molar-refractivity contribution in [2.75, 3.05) is 0 Å². The molecule has 0 saturated heterocycles. The van der Waals surface area contributed by atoms with Crippen LogP contribution in [0.15, 0.2) is 0 Å². The smallest absolute Gasteiger partial charge is 0.0220 e. The predicted octanol–water partition coefficient (Wildman–Crippen LogP) is 4.25. The lowest BCUT2D eigenvalue weighted by Gasteiger charge is -2.48. The average molecular weight is 180 g/mol. The summed E-state index contributed by atoms with van der Waals surface area (Å²) < 4.78 is 0. The normalized spacial score (nSPS) is 44.3. The summed E-state index contributed by atoms with van der Waals surface area (Å²) in [7, 11) is 0. The molecule has 13 heavy (non-hydrogen) atoms. The summed E-state index contributed by atoms with van der Waals surface area (Å²) in [5, 5.41) is 0. The van der Waals surface area contributed by atoms with Crippen molar-refractivity contribution in [3.63, 3.8) is 0 Å². The first-order chi connectivity index (χ1) is 5.99. The van der Waals surface area contributed by atoms with E-state index in [1.54, 1.807) is 6.42 Å². The number of rotatable bonds is 1. The highest BCUT2D eigenvalue weighted by atomic mass is 14.6. The molecular formula is C13H24. The van der Waals surface area contributed by atoms with Crippen LogP contribution in [0.1, 0.15) is 59.8 Å². The van der Waals surface area contributed by atoms with Crippen LogP contribution in [0.25, 0.3) is 0 Å². The number of fused-ring (bicyclic) bond motifs is 2. The van der Waals surface area contributed by atoms with Crippen LogP contribution in [0.2, 0.25) is 0 Å². The van der Waals surface area contributed by atoms with Gasteiger partial charge >= 0.3 is 0 Å². The molecular weight excluding hydrogens is 156 g/mol. The quantitative estimate of drug-likeness (QED) is 0.566. The van der Waals surface area contributed by atoms with Gasteiger partial charge in [0.2, 0.25) is 0 Å². The monoisotopic (exact) mass is 180 g/mol. The van der Waals surface area contributed by atoms with E-state index in [1.807, 2.05) is 0 Å². The van der Waals surface area contributed by atoms with Gasteiger partial charge in [-0.3, -0.25) is 0 Å². The Kier molecular flexibility index (Phi) is 2.02. The first-order valence-electron chi connectivity index (χ1n) is 5.99. The van der Waals surface area contributed by atoms with Gasteiger partial charge in [-0.15, -0.1) is 0 Å². The fourth-order valence-electron chi connectivity index (χ4n) is 4.33. The van der Waals surface area contributed by atoms with E-state index < -0.39 is 0 Å². The third kappa shape index (κ3) is 1.17. The van der Waals surface area contributed by atoms with Crippen molar-refractivity contribution < 1.29 is 0 Å². The van der Waals surface area contributed by atoms with Crippen molar-refractivity contribution >= 4 is 0 Å². The molecule has 76 valence electrons. The molecule has 0 spiro atoms. The van der Waals surface area contributed by atoms with Gasteiger partial charge in [0.15, 0.2) is 0 Å². The lowest BCUT2D eigenvalue weighted by atomic mass is 9.57. The van der Waals surface area contributed by atoms with E-state index in [9.17, 15) is 0 Å². The van der Waals surface area contributed by atoms with Crippen LogP contribution in [0.5, 0.6) is 0 Å². The van der Waals surface area contributed by atoms with Crippen LogP contribution in [0, 0.1) is 22.7 Å². The van der Waals surface area contributed by atoms with E-state index in [4.69, 9.17) is 0 Å². The highest BCUT2D eigenvalue weighted by molar-refractivity contribution is 5.04. The Labute approximate surface area is 83.1 Å². The molecule has 0 heterocycles. The molecule has 2 aliphatic carbocycles. The van der Waals surface area contributed by atoms with Gasteiger partial charge in [-0.25, -0.2) is 0 Å². The average Bonchev–Trinajstić information content (AvgIpc) is 2.60. The zero-order valence-electron chi connectivity index (χ0n) is 9.69.